The number of aromatic nitrogens is 2. The summed E-state index contributed by atoms with van der Waals surface area (Å²) in [4.78, 5) is 0. The number of nitrogens with zero attached hydrogens (tertiary/aromatic N) is 2. The van der Waals surface area contributed by atoms with Crippen molar-refractivity contribution in [1.82, 2.24) is 10.2 Å². The van der Waals surface area contributed by atoms with Gasteiger partial charge in [-0.15, -0.1) is 10.2 Å². The number of benzene rings is 1. The number of aliphatic hydroxyl groups excluding tert-OH is 1. The maximum atomic E-state index is 13.5. The largest absolute Gasteiger partial charge is 0.387 e. The number of thioether (sulfide) groups is 1. The molecule has 0 spiro atoms. The molecule has 108 valence electrons. The summed E-state index contributed by atoms with van der Waals surface area (Å²) in [6.45, 7) is 2.68. The third kappa shape index (κ3) is 3.65. The van der Waals surface area contributed by atoms with Crippen LogP contribution < -0.4 is 5.32 Å². The molecule has 1 atom stereocenters. The van der Waals surface area contributed by atoms with Crippen LogP contribution in [0.2, 0.25) is 0 Å². The second-order valence-corrected chi connectivity index (χ2v) is 6.11. The van der Waals surface area contributed by atoms with Crippen LogP contribution in [0.1, 0.15) is 18.6 Å². The minimum absolute atomic E-state index is 0.110. The minimum Gasteiger partial charge on any atom is -0.387 e. The summed E-state index contributed by atoms with van der Waals surface area (Å²) in [5, 5.41) is 21.4. The Morgan fingerprint density at radius 2 is 2.05 bits per heavy atom. The van der Waals surface area contributed by atoms with Gasteiger partial charge in [0.05, 0.1) is 11.7 Å². The van der Waals surface area contributed by atoms with Gasteiger partial charge < -0.3 is 10.4 Å². The molecule has 0 bridgehead atoms. The van der Waals surface area contributed by atoms with Crippen LogP contribution in [0, 0.1) is 11.6 Å². The third-order valence-electron chi connectivity index (χ3n) is 2.43. The molecule has 2 N–H and O–H groups in total. The van der Waals surface area contributed by atoms with Gasteiger partial charge in [-0.05, 0) is 19.1 Å². The van der Waals surface area contributed by atoms with Crippen molar-refractivity contribution < 1.29 is 13.9 Å². The SMILES string of the molecule is CCNc1nnc(SCC(O)c2c(F)cccc2F)s1. The molecule has 0 aliphatic carbocycles. The molecule has 0 saturated heterocycles. The number of hydrogen-bond donors (Lipinski definition) is 2. The average molecular weight is 317 g/mol. The predicted molar refractivity (Wildman–Crippen MR) is 76.1 cm³/mol. The molecule has 0 radical (unpaired) electrons. The first kappa shape index (κ1) is 15.1. The molecular weight excluding hydrogens is 304 g/mol. The topological polar surface area (TPSA) is 58.0 Å². The molecule has 0 aliphatic rings. The molecule has 20 heavy (non-hydrogen) atoms. The maximum Gasteiger partial charge on any atom is 0.206 e. The molecule has 0 aliphatic heterocycles. The van der Waals surface area contributed by atoms with E-state index in [0.29, 0.717) is 9.47 Å². The lowest BCUT2D eigenvalue weighted by atomic mass is 10.1. The van der Waals surface area contributed by atoms with E-state index < -0.39 is 17.7 Å². The van der Waals surface area contributed by atoms with E-state index in [1.807, 2.05) is 6.92 Å². The van der Waals surface area contributed by atoms with Crippen LogP contribution in [-0.2, 0) is 0 Å². The molecule has 8 heteroatoms. The highest BCUT2D eigenvalue weighted by molar-refractivity contribution is 8.01. The van der Waals surface area contributed by atoms with E-state index in [1.165, 1.54) is 29.2 Å². The van der Waals surface area contributed by atoms with Crippen LogP contribution in [0.15, 0.2) is 22.5 Å². The fourth-order valence-electron chi connectivity index (χ4n) is 1.55. The van der Waals surface area contributed by atoms with Crippen molar-refractivity contribution in [3.05, 3.63) is 35.4 Å². The zero-order chi connectivity index (χ0) is 14.5. The van der Waals surface area contributed by atoms with Gasteiger partial charge in [-0.2, -0.15) is 0 Å². The minimum atomic E-state index is -1.23. The molecule has 0 amide bonds. The summed E-state index contributed by atoms with van der Waals surface area (Å²) < 4.78 is 27.6. The predicted octanol–water partition coefficient (Wildman–Crippen LogP) is 3.07. The highest BCUT2D eigenvalue weighted by Gasteiger charge is 2.18. The molecule has 1 unspecified atom stereocenters. The molecule has 0 saturated carbocycles. The highest BCUT2D eigenvalue weighted by Crippen LogP contribution is 2.30. The molecule has 0 fully saturated rings. The summed E-state index contributed by atoms with van der Waals surface area (Å²) in [6.07, 6.45) is -1.23. The van der Waals surface area contributed by atoms with E-state index in [-0.39, 0.29) is 11.3 Å². The van der Waals surface area contributed by atoms with Gasteiger partial charge in [0.1, 0.15) is 11.6 Å². The molecular formula is C12H13F2N3OS2. The quantitative estimate of drug-likeness (QED) is 0.802. The molecule has 1 heterocycles. The lowest BCUT2D eigenvalue weighted by molar-refractivity contribution is 0.193. The molecule has 2 aromatic rings. The molecule has 1 aromatic heterocycles. The fraction of sp³-hybridized carbons (Fsp3) is 0.333. The Balaban J connectivity index is 1.99. The summed E-state index contributed by atoms with van der Waals surface area (Å²) in [5.74, 6) is -1.38. The number of halogens is 2. The fourth-order valence-corrected chi connectivity index (χ4v) is 3.34. The Hall–Kier alpha value is -1.25. The van der Waals surface area contributed by atoms with Crippen LogP contribution in [-0.4, -0.2) is 27.6 Å². The number of rotatable bonds is 6. The van der Waals surface area contributed by atoms with Crippen LogP contribution in [0.25, 0.3) is 0 Å². The maximum absolute atomic E-state index is 13.5. The van der Waals surface area contributed by atoms with E-state index in [2.05, 4.69) is 15.5 Å². The van der Waals surface area contributed by atoms with E-state index in [1.54, 1.807) is 0 Å². The number of aliphatic hydroxyl groups is 1. The van der Waals surface area contributed by atoms with E-state index >= 15 is 0 Å². The first-order valence-corrected chi connectivity index (χ1v) is 7.74. The van der Waals surface area contributed by atoms with Crippen LogP contribution >= 0.6 is 23.1 Å². The molecule has 1 aromatic carbocycles. The third-order valence-corrected chi connectivity index (χ3v) is 4.52. The van der Waals surface area contributed by atoms with Crippen molar-refractivity contribution in [2.45, 2.75) is 17.4 Å². The van der Waals surface area contributed by atoms with Crippen molar-refractivity contribution in [3.8, 4) is 0 Å². The highest BCUT2D eigenvalue weighted by atomic mass is 32.2. The standard InChI is InChI=1S/C12H13F2N3OS2/c1-2-15-11-16-17-12(20-11)19-6-9(18)10-7(13)4-3-5-8(10)14/h3-5,9,18H,2,6H2,1H3,(H,15,16). The van der Waals surface area contributed by atoms with Gasteiger partial charge in [-0.1, -0.05) is 29.2 Å². The lowest BCUT2D eigenvalue weighted by Crippen LogP contribution is -2.06. The van der Waals surface area contributed by atoms with Crippen molar-refractivity contribution in [1.29, 1.82) is 0 Å². The second-order valence-electron chi connectivity index (χ2n) is 3.87. The van der Waals surface area contributed by atoms with Gasteiger partial charge in [0.25, 0.3) is 0 Å². The smallest absolute Gasteiger partial charge is 0.206 e. The Kier molecular flexibility index (Phi) is 5.27. The monoisotopic (exact) mass is 317 g/mol. The summed E-state index contributed by atoms with van der Waals surface area (Å²) in [5.41, 5.74) is -0.309. The van der Waals surface area contributed by atoms with Gasteiger partial charge in [-0.25, -0.2) is 8.78 Å². The van der Waals surface area contributed by atoms with Crippen molar-refractivity contribution in [2.75, 3.05) is 17.6 Å². The number of nitrogens with one attached hydrogen (secondary N) is 1. The van der Waals surface area contributed by atoms with E-state index in [4.69, 9.17) is 0 Å². The van der Waals surface area contributed by atoms with Crippen LogP contribution in [0.5, 0.6) is 0 Å². The van der Waals surface area contributed by atoms with Crippen LogP contribution in [0.4, 0.5) is 13.9 Å². The van der Waals surface area contributed by atoms with Crippen LogP contribution in [0.3, 0.4) is 0 Å². The molecule has 4 nitrogen and oxygen atoms in total. The van der Waals surface area contributed by atoms with Gasteiger partial charge in [0, 0.05) is 12.3 Å². The first-order chi connectivity index (χ1) is 9.61. The van der Waals surface area contributed by atoms with E-state index in [0.717, 1.165) is 18.7 Å². The van der Waals surface area contributed by atoms with Crippen molar-refractivity contribution in [2.24, 2.45) is 0 Å². The lowest BCUT2D eigenvalue weighted by Gasteiger charge is -2.11. The molecule has 2 rings (SSSR count). The zero-order valence-electron chi connectivity index (χ0n) is 10.6. The van der Waals surface area contributed by atoms with Gasteiger partial charge in [0.15, 0.2) is 4.34 Å². The van der Waals surface area contributed by atoms with Crippen molar-refractivity contribution in [3.63, 3.8) is 0 Å². The van der Waals surface area contributed by atoms with Crippen molar-refractivity contribution >= 4 is 28.2 Å². The second kappa shape index (κ2) is 6.96. The van der Waals surface area contributed by atoms with Gasteiger partial charge in [0.2, 0.25) is 5.13 Å². The summed E-state index contributed by atoms with van der Waals surface area (Å²) in [6, 6.07) is 3.52. The van der Waals surface area contributed by atoms with Gasteiger partial charge >= 0.3 is 0 Å². The average Bonchev–Trinajstić information content (AvgIpc) is 2.84. The van der Waals surface area contributed by atoms with Gasteiger partial charge in [-0.3, -0.25) is 0 Å². The zero-order valence-corrected chi connectivity index (χ0v) is 12.3. The number of anilines is 1. The Morgan fingerprint density at radius 3 is 2.70 bits per heavy atom. The Morgan fingerprint density at radius 1 is 1.35 bits per heavy atom. The van der Waals surface area contributed by atoms with E-state index in [9.17, 15) is 13.9 Å². The Labute approximate surface area is 123 Å². The normalized spacial score (nSPS) is 12.4. The first-order valence-electron chi connectivity index (χ1n) is 5.94. The summed E-state index contributed by atoms with van der Waals surface area (Å²) in [7, 11) is 0. The number of hydrogen-bond acceptors (Lipinski definition) is 6. The summed E-state index contributed by atoms with van der Waals surface area (Å²) >= 11 is 2.54. The Bertz CT molecular complexity index is 559.